The van der Waals surface area contributed by atoms with Crippen LogP contribution in [0.5, 0.6) is 0 Å². The fourth-order valence-electron chi connectivity index (χ4n) is 2.01. The summed E-state index contributed by atoms with van der Waals surface area (Å²) in [5, 5.41) is 8.91. The van der Waals surface area contributed by atoms with Gasteiger partial charge in [-0.25, -0.2) is 4.79 Å². The predicted octanol–water partition coefficient (Wildman–Crippen LogP) is -0.800. The third-order valence-electron chi connectivity index (χ3n) is 2.88. The van der Waals surface area contributed by atoms with Crippen molar-refractivity contribution in [1.82, 2.24) is 4.90 Å². The van der Waals surface area contributed by atoms with Gasteiger partial charge in [-0.2, -0.15) is 0 Å². The third kappa shape index (κ3) is 3.60. The molecule has 0 aromatic heterocycles. The van der Waals surface area contributed by atoms with Crippen molar-refractivity contribution in [3.05, 3.63) is 0 Å². The maximum Gasteiger partial charge on any atom is 0.327 e. The van der Waals surface area contributed by atoms with Crippen LogP contribution in [0.25, 0.3) is 0 Å². The van der Waals surface area contributed by atoms with Crippen LogP contribution in [0.4, 0.5) is 0 Å². The van der Waals surface area contributed by atoms with Crippen LogP contribution in [-0.2, 0) is 14.4 Å². The molecule has 0 radical (unpaired) electrons. The number of carboxylic acid groups (broad SMARTS) is 1. The number of hydrogen-bond acceptors (Lipinski definition) is 5. The van der Waals surface area contributed by atoms with Gasteiger partial charge in [0.1, 0.15) is 6.04 Å². The van der Waals surface area contributed by atoms with E-state index in [-0.39, 0.29) is 17.7 Å². The van der Waals surface area contributed by atoms with Crippen LogP contribution in [0.3, 0.4) is 0 Å². The molecule has 108 valence electrons. The highest BCUT2D eigenvalue weighted by molar-refractivity contribution is 8.00. The highest BCUT2D eigenvalue weighted by atomic mass is 32.2. The van der Waals surface area contributed by atoms with Gasteiger partial charge in [0.05, 0.1) is 17.8 Å². The smallest absolute Gasteiger partial charge is 0.327 e. The number of thioether (sulfide) groups is 1. The average molecular weight is 289 g/mol. The molecule has 0 aliphatic carbocycles. The normalized spacial score (nSPS) is 24.5. The number of rotatable bonds is 5. The number of carboxylic acids is 1. The molecule has 3 atom stereocenters. The Bertz CT molecular complexity index is 388. The summed E-state index contributed by atoms with van der Waals surface area (Å²) in [5.41, 5.74) is 10.6. The maximum atomic E-state index is 12.2. The first-order valence-corrected chi connectivity index (χ1v) is 7.01. The van der Waals surface area contributed by atoms with E-state index < -0.39 is 29.9 Å². The van der Waals surface area contributed by atoms with E-state index in [1.165, 1.54) is 16.7 Å². The van der Waals surface area contributed by atoms with Crippen LogP contribution in [0.2, 0.25) is 0 Å². The molecule has 1 rings (SSSR count). The number of hydrogen-bond donors (Lipinski definition) is 3. The van der Waals surface area contributed by atoms with Crippen molar-refractivity contribution < 1.29 is 19.5 Å². The molecule has 19 heavy (non-hydrogen) atoms. The van der Waals surface area contributed by atoms with E-state index in [1.54, 1.807) is 0 Å². The lowest BCUT2D eigenvalue weighted by atomic mass is 10.1. The summed E-state index contributed by atoms with van der Waals surface area (Å²) in [6.07, 6.45) is -0.281. The molecule has 0 aromatic carbocycles. The maximum absolute atomic E-state index is 12.2. The summed E-state index contributed by atoms with van der Waals surface area (Å²) in [4.78, 5) is 35.5. The number of carbonyl (C=O) groups is 3. The van der Waals surface area contributed by atoms with Crippen molar-refractivity contribution in [2.75, 3.05) is 5.75 Å². The second kappa shape index (κ2) is 6.25. The van der Waals surface area contributed by atoms with Crippen LogP contribution in [0.15, 0.2) is 0 Å². The molecule has 1 heterocycles. The molecule has 2 amide bonds. The van der Waals surface area contributed by atoms with Crippen LogP contribution in [0, 0.1) is 5.92 Å². The first kappa shape index (κ1) is 15.8. The second-order valence-corrected chi connectivity index (χ2v) is 5.99. The monoisotopic (exact) mass is 289 g/mol. The number of amides is 2. The van der Waals surface area contributed by atoms with Crippen molar-refractivity contribution in [3.63, 3.8) is 0 Å². The Balaban J connectivity index is 2.92. The quantitative estimate of drug-likeness (QED) is 0.608. The van der Waals surface area contributed by atoms with E-state index in [0.29, 0.717) is 5.75 Å². The van der Waals surface area contributed by atoms with Gasteiger partial charge in [-0.1, -0.05) is 13.8 Å². The number of aliphatic carboxylic acids is 1. The summed E-state index contributed by atoms with van der Waals surface area (Å²) in [6.45, 7) is 3.81. The van der Waals surface area contributed by atoms with Gasteiger partial charge in [-0.15, -0.1) is 11.8 Å². The van der Waals surface area contributed by atoms with Gasteiger partial charge >= 0.3 is 5.97 Å². The standard InChI is InChI=1S/C11H19N3O4S/c1-5(2)10-14(7(4-19-10)11(17)18)9(16)6(12)3-8(13)15/h5-7,10H,3-4,12H2,1-2H3,(H2,13,15)(H,17,18). The minimum Gasteiger partial charge on any atom is -0.480 e. The van der Waals surface area contributed by atoms with E-state index >= 15 is 0 Å². The highest BCUT2D eigenvalue weighted by Gasteiger charge is 2.44. The molecule has 0 saturated carbocycles. The van der Waals surface area contributed by atoms with Crippen LogP contribution < -0.4 is 11.5 Å². The highest BCUT2D eigenvalue weighted by Crippen LogP contribution is 2.34. The number of nitrogens with two attached hydrogens (primary N) is 2. The minimum atomic E-state index is -1.08. The second-order valence-electron chi connectivity index (χ2n) is 4.84. The van der Waals surface area contributed by atoms with Crippen LogP contribution in [-0.4, -0.2) is 51.0 Å². The van der Waals surface area contributed by atoms with Crippen molar-refractivity contribution >= 4 is 29.5 Å². The van der Waals surface area contributed by atoms with Crippen molar-refractivity contribution in [2.45, 2.75) is 37.7 Å². The Hall–Kier alpha value is -1.28. The van der Waals surface area contributed by atoms with Gasteiger partial charge in [0.25, 0.3) is 0 Å². The topological polar surface area (TPSA) is 127 Å². The van der Waals surface area contributed by atoms with E-state index in [9.17, 15) is 14.4 Å². The van der Waals surface area contributed by atoms with Gasteiger partial charge < -0.3 is 21.5 Å². The Morgan fingerprint density at radius 2 is 2.00 bits per heavy atom. The van der Waals surface area contributed by atoms with Gasteiger partial charge in [-0.05, 0) is 5.92 Å². The summed E-state index contributed by atoms with van der Waals surface area (Å²) in [7, 11) is 0. The third-order valence-corrected chi connectivity index (χ3v) is 4.50. The van der Waals surface area contributed by atoms with Crippen molar-refractivity contribution in [1.29, 1.82) is 0 Å². The summed E-state index contributed by atoms with van der Waals surface area (Å²) in [6, 6.07) is -1.98. The van der Waals surface area contributed by atoms with E-state index in [1.807, 2.05) is 13.8 Å². The molecule has 8 heteroatoms. The zero-order valence-corrected chi connectivity index (χ0v) is 11.7. The Kier molecular flexibility index (Phi) is 5.19. The molecule has 1 saturated heterocycles. The zero-order chi connectivity index (χ0) is 14.7. The van der Waals surface area contributed by atoms with E-state index in [2.05, 4.69) is 0 Å². The van der Waals surface area contributed by atoms with Gasteiger partial charge in [-0.3, -0.25) is 9.59 Å². The largest absolute Gasteiger partial charge is 0.480 e. The Morgan fingerprint density at radius 3 is 2.42 bits per heavy atom. The van der Waals surface area contributed by atoms with E-state index in [0.717, 1.165) is 0 Å². The lowest BCUT2D eigenvalue weighted by Gasteiger charge is -2.31. The first-order chi connectivity index (χ1) is 8.75. The van der Waals surface area contributed by atoms with Gasteiger partial charge in [0, 0.05) is 5.75 Å². The fraction of sp³-hybridized carbons (Fsp3) is 0.727. The predicted molar refractivity (Wildman–Crippen MR) is 71.1 cm³/mol. The number of nitrogens with zero attached hydrogens (tertiary/aromatic N) is 1. The van der Waals surface area contributed by atoms with Crippen molar-refractivity contribution in [3.8, 4) is 0 Å². The summed E-state index contributed by atoms with van der Waals surface area (Å²) >= 11 is 1.41. The van der Waals surface area contributed by atoms with Crippen LogP contribution in [0.1, 0.15) is 20.3 Å². The number of carbonyl (C=O) groups excluding carboxylic acids is 2. The Morgan fingerprint density at radius 1 is 1.42 bits per heavy atom. The lowest BCUT2D eigenvalue weighted by molar-refractivity contribution is -0.150. The molecule has 0 bridgehead atoms. The zero-order valence-electron chi connectivity index (χ0n) is 10.9. The molecule has 7 nitrogen and oxygen atoms in total. The van der Waals surface area contributed by atoms with E-state index in [4.69, 9.17) is 16.6 Å². The molecule has 0 spiro atoms. The fourth-order valence-corrected chi connectivity index (χ4v) is 3.49. The van der Waals surface area contributed by atoms with Gasteiger partial charge in [0.15, 0.2) is 0 Å². The molecule has 1 fully saturated rings. The van der Waals surface area contributed by atoms with Crippen molar-refractivity contribution in [2.24, 2.45) is 17.4 Å². The molecule has 1 aliphatic rings. The molecule has 0 aromatic rings. The summed E-state index contributed by atoms with van der Waals surface area (Å²) < 4.78 is 0. The SMILES string of the molecule is CC(C)C1SCC(C(=O)O)N1C(=O)C(N)CC(N)=O. The Labute approximate surface area is 115 Å². The van der Waals surface area contributed by atoms with Crippen LogP contribution >= 0.6 is 11.8 Å². The summed E-state index contributed by atoms with van der Waals surface area (Å²) in [5.74, 6) is -1.85. The lowest BCUT2D eigenvalue weighted by Crippen LogP contribution is -2.53. The molecule has 5 N–H and O–H groups in total. The molecule has 1 aliphatic heterocycles. The minimum absolute atomic E-state index is 0.0964. The van der Waals surface area contributed by atoms with Gasteiger partial charge in [0.2, 0.25) is 11.8 Å². The first-order valence-electron chi connectivity index (χ1n) is 5.96. The molecule has 3 unspecified atom stereocenters. The average Bonchev–Trinajstić information content (AvgIpc) is 2.71. The molecular weight excluding hydrogens is 270 g/mol. The number of primary amides is 1. The molecular formula is C11H19N3O4S.